The van der Waals surface area contributed by atoms with Crippen LogP contribution in [-0.4, -0.2) is 15.3 Å². The molecule has 4 nitrogen and oxygen atoms in total. The highest BCUT2D eigenvalue weighted by Gasteiger charge is 2.19. The van der Waals surface area contributed by atoms with Crippen molar-refractivity contribution in [2.75, 3.05) is 5.32 Å². The number of aryl methyl sites for hydroxylation is 1. The lowest BCUT2D eigenvalue weighted by Crippen LogP contribution is -2.18. The van der Waals surface area contributed by atoms with Crippen molar-refractivity contribution in [2.45, 2.75) is 19.3 Å². The van der Waals surface area contributed by atoms with Crippen molar-refractivity contribution in [3.63, 3.8) is 0 Å². The first-order chi connectivity index (χ1) is 8.74. The summed E-state index contributed by atoms with van der Waals surface area (Å²) >= 11 is 4.80. The lowest BCUT2D eigenvalue weighted by molar-refractivity contribution is 0.867. The highest BCUT2D eigenvalue weighted by molar-refractivity contribution is 7.80. The summed E-state index contributed by atoms with van der Waals surface area (Å²) < 4.78 is 0. The third kappa shape index (κ3) is 1.97. The number of nitrogens with zero attached hydrogens (tertiary/aromatic N) is 1. The van der Waals surface area contributed by atoms with Crippen LogP contribution in [0, 0.1) is 0 Å². The van der Waals surface area contributed by atoms with Gasteiger partial charge in [-0.15, -0.1) is 0 Å². The Morgan fingerprint density at radius 2 is 2.06 bits per heavy atom. The van der Waals surface area contributed by atoms with Gasteiger partial charge in [0.1, 0.15) is 0 Å². The topological polar surface area (TPSA) is 66.7 Å². The fraction of sp³-hybridized carbons (Fsp3) is 0.231. The molecule has 18 heavy (non-hydrogen) atoms. The minimum absolute atomic E-state index is 0.281. The van der Waals surface area contributed by atoms with Crippen LogP contribution in [0.4, 0.5) is 5.69 Å². The van der Waals surface area contributed by atoms with Crippen LogP contribution in [0.15, 0.2) is 24.3 Å². The standard InChI is InChI=1S/C13H14N4S/c14-13(18)15-9-6-4-8(5-7-9)12-10-2-1-3-11(10)16-17-12/h4-7H,1-3H2,(H,16,17)(H3,14,15,18). The van der Waals surface area contributed by atoms with Gasteiger partial charge in [-0.3, -0.25) is 5.10 Å². The Balaban J connectivity index is 1.90. The minimum atomic E-state index is 0.281. The molecule has 0 unspecified atom stereocenters. The van der Waals surface area contributed by atoms with Gasteiger partial charge in [-0.05, 0) is 43.6 Å². The number of nitrogens with two attached hydrogens (primary N) is 1. The van der Waals surface area contributed by atoms with E-state index < -0.39 is 0 Å². The largest absolute Gasteiger partial charge is 0.376 e. The lowest BCUT2D eigenvalue weighted by Gasteiger charge is -2.05. The van der Waals surface area contributed by atoms with E-state index in [4.69, 9.17) is 18.0 Å². The van der Waals surface area contributed by atoms with Gasteiger partial charge in [-0.25, -0.2) is 0 Å². The Bertz CT molecular complexity index is 586. The smallest absolute Gasteiger partial charge is 0.168 e. The molecule has 0 radical (unpaired) electrons. The normalized spacial score (nSPS) is 13.3. The van der Waals surface area contributed by atoms with Crippen LogP contribution < -0.4 is 11.1 Å². The zero-order valence-electron chi connectivity index (χ0n) is 9.86. The lowest BCUT2D eigenvalue weighted by atomic mass is 10.1. The summed E-state index contributed by atoms with van der Waals surface area (Å²) in [5.74, 6) is 0. The maximum Gasteiger partial charge on any atom is 0.168 e. The van der Waals surface area contributed by atoms with Crippen LogP contribution in [-0.2, 0) is 12.8 Å². The van der Waals surface area contributed by atoms with Crippen molar-refractivity contribution >= 4 is 23.0 Å². The second-order valence-corrected chi connectivity index (χ2v) is 4.89. The minimum Gasteiger partial charge on any atom is -0.376 e. The Hall–Kier alpha value is -1.88. The van der Waals surface area contributed by atoms with Crippen LogP contribution in [0.25, 0.3) is 11.3 Å². The summed E-state index contributed by atoms with van der Waals surface area (Å²) in [6, 6.07) is 8.00. The molecule has 0 atom stereocenters. The number of anilines is 1. The van der Waals surface area contributed by atoms with Crippen LogP contribution in [0.5, 0.6) is 0 Å². The van der Waals surface area contributed by atoms with Crippen molar-refractivity contribution in [3.8, 4) is 11.3 Å². The molecule has 1 aliphatic carbocycles. The molecular weight excluding hydrogens is 244 g/mol. The molecule has 3 rings (SSSR count). The number of thiocarbonyl (C=S) groups is 1. The average Bonchev–Trinajstić information content (AvgIpc) is 2.91. The average molecular weight is 258 g/mol. The highest BCUT2D eigenvalue weighted by Crippen LogP contribution is 2.30. The SMILES string of the molecule is NC(=S)Nc1ccc(-c2n[nH]c3c2CCC3)cc1. The predicted molar refractivity (Wildman–Crippen MR) is 76.5 cm³/mol. The molecule has 92 valence electrons. The monoisotopic (exact) mass is 258 g/mol. The summed E-state index contributed by atoms with van der Waals surface area (Å²) in [5.41, 5.74) is 11.2. The summed E-state index contributed by atoms with van der Waals surface area (Å²) in [6.07, 6.45) is 3.45. The molecule has 1 aromatic carbocycles. The number of nitrogens with one attached hydrogen (secondary N) is 2. The first-order valence-electron chi connectivity index (χ1n) is 5.97. The van der Waals surface area contributed by atoms with E-state index >= 15 is 0 Å². The first kappa shape index (κ1) is 11.2. The van der Waals surface area contributed by atoms with E-state index in [-0.39, 0.29) is 5.11 Å². The van der Waals surface area contributed by atoms with E-state index in [9.17, 15) is 0 Å². The van der Waals surface area contributed by atoms with E-state index in [1.165, 1.54) is 17.7 Å². The summed E-state index contributed by atoms with van der Waals surface area (Å²) in [5, 5.41) is 10.7. The van der Waals surface area contributed by atoms with Crippen LogP contribution in [0.3, 0.4) is 0 Å². The van der Waals surface area contributed by atoms with Crippen molar-refractivity contribution in [2.24, 2.45) is 5.73 Å². The zero-order valence-corrected chi connectivity index (χ0v) is 10.7. The van der Waals surface area contributed by atoms with E-state index in [1.54, 1.807) is 0 Å². The Kier molecular flexibility index (Phi) is 2.76. The summed E-state index contributed by atoms with van der Waals surface area (Å²) in [7, 11) is 0. The van der Waals surface area contributed by atoms with Crippen molar-refractivity contribution in [1.29, 1.82) is 0 Å². The molecule has 0 aliphatic heterocycles. The molecule has 0 saturated carbocycles. The van der Waals surface area contributed by atoms with Gasteiger partial charge >= 0.3 is 0 Å². The maximum absolute atomic E-state index is 5.43. The molecule has 0 fully saturated rings. The molecule has 2 aromatic rings. The Morgan fingerprint density at radius 1 is 1.28 bits per heavy atom. The Morgan fingerprint density at radius 3 is 2.78 bits per heavy atom. The van der Waals surface area contributed by atoms with Gasteiger partial charge < -0.3 is 11.1 Å². The molecule has 1 aliphatic rings. The fourth-order valence-corrected chi connectivity index (χ4v) is 2.53. The molecule has 4 N–H and O–H groups in total. The Labute approximate surface area is 111 Å². The number of benzene rings is 1. The molecule has 0 spiro atoms. The molecule has 5 heteroatoms. The van der Waals surface area contributed by atoms with Crippen LogP contribution in [0.1, 0.15) is 17.7 Å². The maximum atomic E-state index is 5.43. The third-order valence-corrected chi connectivity index (χ3v) is 3.33. The zero-order chi connectivity index (χ0) is 12.5. The molecule has 1 aromatic heterocycles. The van der Waals surface area contributed by atoms with Gasteiger partial charge in [0.05, 0.1) is 5.69 Å². The van der Waals surface area contributed by atoms with Gasteiger partial charge in [0.2, 0.25) is 0 Å². The van der Waals surface area contributed by atoms with Gasteiger partial charge in [-0.2, -0.15) is 5.10 Å². The number of hydrogen-bond donors (Lipinski definition) is 3. The highest BCUT2D eigenvalue weighted by atomic mass is 32.1. The number of fused-ring (bicyclic) bond motifs is 1. The van der Waals surface area contributed by atoms with Gasteiger partial charge in [0.25, 0.3) is 0 Å². The van der Waals surface area contributed by atoms with E-state index in [2.05, 4.69) is 15.5 Å². The van der Waals surface area contributed by atoms with Crippen LogP contribution >= 0.6 is 12.2 Å². The van der Waals surface area contributed by atoms with Crippen LogP contribution in [0.2, 0.25) is 0 Å². The number of rotatable bonds is 2. The molecule has 1 heterocycles. The first-order valence-corrected chi connectivity index (χ1v) is 6.38. The van der Waals surface area contributed by atoms with E-state index in [1.807, 2.05) is 24.3 Å². The molecule has 0 bridgehead atoms. The molecule has 0 amide bonds. The van der Waals surface area contributed by atoms with Gasteiger partial charge in [0, 0.05) is 22.5 Å². The number of aromatic amines is 1. The van der Waals surface area contributed by atoms with Crippen molar-refractivity contribution in [3.05, 3.63) is 35.5 Å². The number of H-pyrrole nitrogens is 1. The fourth-order valence-electron chi connectivity index (χ4n) is 2.41. The number of aromatic nitrogens is 2. The quantitative estimate of drug-likeness (QED) is 0.723. The van der Waals surface area contributed by atoms with E-state index in [0.29, 0.717) is 0 Å². The van der Waals surface area contributed by atoms with E-state index in [0.717, 1.165) is 29.8 Å². The second-order valence-electron chi connectivity index (χ2n) is 4.45. The second kappa shape index (κ2) is 4.42. The van der Waals surface area contributed by atoms with Crippen molar-refractivity contribution in [1.82, 2.24) is 10.2 Å². The number of hydrogen-bond acceptors (Lipinski definition) is 2. The molecule has 0 saturated heterocycles. The summed E-state index contributed by atoms with van der Waals surface area (Å²) in [6.45, 7) is 0. The van der Waals surface area contributed by atoms with Gasteiger partial charge in [-0.1, -0.05) is 12.1 Å². The summed E-state index contributed by atoms with van der Waals surface area (Å²) in [4.78, 5) is 0. The van der Waals surface area contributed by atoms with Crippen molar-refractivity contribution < 1.29 is 0 Å². The predicted octanol–water partition coefficient (Wildman–Crippen LogP) is 2.22. The molecular formula is C13H14N4S. The van der Waals surface area contributed by atoms with Gasteiger partial charge in [0.15, 0.2) is 5.11 Å². The third-order valence-electron chi connectivity index (χ3n) is 3.23.